The van der Waals surface area contributed by atoms with E-state index in [1.807, 2.05) is 4.90 Å². The number of nitrogens with two attached hydrogens (primary N) is 2. The van der Waals surface area contributed by atoms with Crippen LogP contribution in [0.4, 0.5) is 21.0 Å². The Hall–Kier alpha value is -3.30. The second kappa shape index (κ2) is 9.15. The van der Waals surface area contributed by atoms with Crippen molar-refractivity contribution in [2.45, 2.75) is 90.5 Å². The Morgan fingerprint density at radius 3 is 1.88 bits per heavy atom. The summed E-state index contributed by atoms with van der Waals surface area (Å²) in [5, 5.41) is 0. The van der Waals surface area contributed by atoms with Crippen molar-refractivity contribution in [2.75, 3.05) is 9.80 Å². The molecule has 10 heteroatoms. The molecule has 1 saturated carbocycles. The summed E-state index contributed by atoms with van der Waals surface area (Å²) >= 11 is 0. The number of carbonyl (C=O) groups excluding carboxylic acids is 2. The molecule has 1 aliphatic carbocycles. The molecule has 0 atom stereocenters. The molecule has 2 aliphatic rings. The summed E-state index contributed by atoms with van der Waals surface area (Å²) in [6.07, 6.45) is 3.08. The topological polar surface area (TPSA) is 136 Å². The Morgan fingerprint density at radius 1 is 0.912 bits per heavy atom. The van der Waals surface area contributed by atoms with Gasteiger partial charge in [0.15, 0.2) is 0 Å². The minimum absolute atomic E-state index is 0.174. The van der Waals surface area contributed by atoms with E-state index in [-0.39, 0.29) is 11.9 Å². The van der Waals surface area contributed by atoms with Crippen LogP contribution in [-0.2, 0) is 9.47 Å². The summed E-state index contributed by atoms with van der Waals surface area (Å²) in [5.74, 6) is 0.437. The molecule has 2 amide bonds. The highest BCUT2D eigenvalue weighted by Crippen LogP contribution is 2.40. The van der Waals surface area contributed by atoms with Gasteiger partial charge in [-0.2, -0.15) is 9.89 Å². The fourth-order valence-electron chi connectivity index (χ4n) is 4.15. The maximum absolute atomic E-state index is 12.9. The zero-order valence-corrected chi connectivity index (χ0v) is 20.9. The van der Waals surface area contributed by atoms with Gasteiger partial charge in [0.2, 0.25) is 11.9 Å². The van der Waals surface area contributed by atoms with Crippen molar-refractivity contribution < 1.29 is 19.1 Å². The van der Waals surface area contributed by atoms with Crippen LogP contribution in [0.5, 0.6) is 0 Å². The number of anilines is 2. The summed E-state index contributed by atoms with van der Waals surface area (Å²) in [5.41, 5.74) is 11.1. The molecular formula is C24H36N6O4. The summed E-state index contributed by atoms with van der Waals surface area (Å²) in [4.78, 5) is 37.5. The summed E-state index contributed by atoms with van der Waals surface area (Å²) < 4.78 is 10.9. The van der Waals surface area contributed by atoms with Gasteiger partial charge in [0.25, 0.3) is 0 Å². The Kier molecular flexibility index (Phi) is 6.82. The Labute approximate surface area is 201 Å². The molecule has 0 saturated heterocycles. The van der Waals surface area contributed by atoms with E-state index < -0.39 is 29.1 Å². The van der Waals surface area contributed by atoms with E-state index in [0.717, 1.165) is 42.7 Å². The minimum atomic E-state index is -0.824. The first-order chi connectivity index (χ1) is 15.7. The van der Waals surface area contributed by atoms with Gasteiger partial charge in [0.1, 0.15) is 16.9 Å². The van der Waals surface area contributed by atoms with Crippen molar-refractivity contribution in [2.24, 2.45) is 21.5 Å². The lowest BCUT2D eigenvalue weighted by Gasteiger charge is -2.45. The zero-order valence-electron chi connectivity index (χ0n) is 20.9. The normalized spacial score (nSPS) is 18.1. The number of benzene rings is 1. The van der Waals surface area contributed by atoms with Crippen LogP contribution < -0.4 is 21.3 Å². The SMILES string of the molecule is CC(C)(C)OC(=O)N(C(=O)OC(C)(C)C)c1ccc(N2C(N)=NC(N)=NC23CCCCC3)cc1. The van der Waals surface area contributed by atoms with Crippen LogP contribution >= 0.6 is 0 Å². The van der Waals surface area contributed by atoms with Crippen LogP contribution in [0.2, 0.25) is 0 Å². The van der Waals surface area contributed by atoms with Crippen molar-refractivity contribution in [3.05, 3.63) is 24.3 Å². The first-order valence-corrected chi connectivity index (χ1v) is 11.6. The number of imide groups is 1. The van der Waals surface area contributed by atoms with Crippen LogP contribution in [0.15, 0.2) is 34.3 Å². The predicted molar refractivity (Wildman–Crippen MR) is 133 cm³/mol. The lowest BCUT2D eigenvalue weighted by molar-refractivity contribution is 0.0430. The average molecular weight is 473 g/mol. The number of nitrogens with zero attached hydrogens (tertiary/aromatic N) is 4. The molecule has 3 rings (SSSR count). The first kappa shape index (κ1) is 25.3. The molecule has 0 unspecified atom stereocenters. The standard InChI is InChI=1S/C24H36N6O4/c1-22(2,3)33-20(31)29(21(32)34-23(4,5)6)16-10-12-17(13-11-16)30-19(26)27-18(25)28-24(30)14-8-7-9-15-24/h10-13H,7-9,14-15H2,1-6H3,(H4,25,26,27,28). The molecule has 1 spiro atoms. The van der Waals surface area contributed by atoms with E-state index in [0.29, 0.717) is 5.69 Å². The number of amides is 2. The Morgan fingerprint density at radius 2 is 1.41 bits per heavy atom. The smallest absolute Gasteiger partial charge is 0.424 e. The van der Waals surface area contributed by atoms with Gasteiger partial charge >= 0.3 is 12.2 Å². The number of hydrogen-bond donors (Lipinski definition) is 2. The summed E-state index contributed by atoms with van der Waals surface area (Å²) in [6.45, 7) is 10.4. The van der Waals surface area contributed by atoms with Crippen molar-refractivity contribution >= 4 is 35.5 Å². The molecule has 186 valence electrons. The van der Waals surface area contributed by atoms with Gasteiger partial charge in [-0.05, 0) is 91.5 Å². The lowest BCUT2D eigenvalue weighted by atomic mass is 9.87. The van der Waals surface area contributed by atoms with Gasteiger partial charge in [0, 0.05) is 5.69 Å². The highest BCUT2D eigenvalue weighted by molar-refractivity contribution is 6.10. The maximum Gasteiger partial charge on any atom is 0.424 e. The molecule has 1 heterocycles. The number of carbonyl (C=O) groups is 2. The summed E-state index contributed by atoms with van der Waals surface area (Å²) in [6, 6.07) is 6.84. The van der Waals surface area contributed by atoms with E-state index in [4.69, 9.17) is 20.9 Å². The van der Waals surface area contributed by atoms with Gasteiger partial charge < -0.3 is 20.9 Å². The molecule has 0 bridgehead atoms. The molecule has 1 aromatic rings. The zero-order chi connectivity index (χ0) is 25.3. The molecule has 0 radical (unpaired) electrons. The van der Waals surface area contributed by atoms with Crippen molar-refractivity contribution in [3.8, 4) is 0 Å². The monoisotopic (exact) mass is 472 g/mol. The van der Waals surface area contributed by atoms with Crippen LogP contribution in [0.25, 0.3) is 0 Å². The fourth-order valence-corrected chi connectivity index (χ4v) is 4.15. The van der Waals surface area contributed by atoms with Crippen molar-refractivity contribution in [1.82, 2.24) is 0 Å². The Bertz CT molecular complexity index is 954. The molecule has 4 N–H and O–H groups in total. The molecule has 1 aromatic carbocycles. The number of aliphatic imine (C=N–C) groups is 2. The maximum atomic E-state index is 12.9. The number of ether oxygens (including phenoxy) is 2. The largest absolute Gasteiger partial charge is 0.443 e. The van der Waals surface area contributed by atoms with Crippen molar-refractivity contribution in [1.29, 1.82) is 0 Å². The van der Waals surface area contributed by atoms with E-state index in [1.165, 1.54) is 0 Å². The van der Waals surface area contributed by atoms with Gasteiger partial charge in [-0.3, -0.25) is 4.90 Å². The fraction of sp³-hybridized carbons (Fsp3) is 0.583. The highest BCUT2D eigenvalue weighted by Gasteiger charge is 2.42. The molecule has 10 nitrogen and oxygen atoms in total. The summed E-state index contributed by atoms with van der Waals surface area (Å²) in [7, 11) is 0. The van der Waals surface area contributed by atoms with Crippen LogP contribution in [0, 0.1) is 0 Å². The van der Waals surface area contributed by atoms with E-state index >= 15 is 0 Å². The van der Waals surface area contributed by atoms with Crippen LogP contribution in [0.3, 0.4) is 0 Å². The third-order valence-corrected chi connectivity index (χ3v) is 5.37. The predicted octanol–water partition coefficient (Wildman–Crippen LogP) is 4.47. The van der Waals surface area contributed by atoms with Crippen molar-refractivity contribution in [3.63, 3.8) is 0 Å². The number of guanidine groups is 2. The molecule has 34 heavy (non-hydrogen) atoms. The van der Waals surface area contributed by atoms with Crippen LogP contribution in [-0.4, -0.2) is 41.0 Å². The number of hydrogen-bond acceptors (Lipinski definition) is 9. The molecular weight excluding hydrogens is 436 g/mol. The first-order valence-electron chi connectivity index (χ1n) is 11.6. The second-order valence-electron chi connectivity index (χ2n) is 10.6. The average Bonchev–Trinajstić information content (AvgIpc) is 2.66. The quantitative estimate of drug-likeness (QED) is 0.648. The molecule has 1 aliphatic heterocycles. The van der Waals surface area contributed by atoms with Crippen LogP contribution in [0.1, 0.15) is 73.6 Å². The molecule has 1 fully saturated rings. The number of rotatable bonds is 2. The van der Waals surface area contributed by atoms with Gasteiger partial charge in [-0.1, -0.05) is 6.42 Å². The minimum Gasteiger partial charge on any atom is -0.443 e. The second-order valence-corrected chi connectivity index (χ2v) is 10.6. The third-order valence-electron chi connectivity index (χ3n) is 5.37. The molecule has 0 aromatic heterocycles. The van der Waals surface area contributed by atoms with E-state index in [2.05, 4.69) is 9.98 Å². The Balaban J connectivity index is 1.96. The highest BCUT2D eigenvalue weighted by atomic mass is 16.6. The van der Waals surface area contributed by atoms with Gasteiger partial charge in [-0.15, -0.1) is 0 Å². The van der Waals surface area contributed by atoms with Gasteiger partial charge in [0.05, 0.1) is 5.69 Å². The third kappa shape index (κ3) is 5.78. The van der Waals surface area contributed by atoms with Gasteiger partial charge in [-0.25, -0.2) is 14.6 Å². The lowest BCUT2D eigenvalue weighted by Crippen LogP contribution is -2.58. The van der Waals surface area contributed by atoms with E-state index in [9.17, 15) is 9.59 Å². The van der Waals surface area contributed by atoms with E-state index in [1.54, 1.807) is 65.8 Å².